The van der Waals surface area contributed by atoms with Gasteiger partial charge >= 0.3 is 0 Å². The Hall–Kier alpha value is -2.63. The number of nitrogens with zero attached hydrogens (tertiary/aromatic N) is 2. The fraction of sp³-hybridized carbons (Fsp3) is 0.261. The minimum Gasteiger partial charge on any atom is -0.488 e. The summed E-state index contributed by atoms with van der Waals surface area (Å²) >= 11 is 12.1. The zero-order valence-corrected chi connectivity index (χ0v) is 17.4. The highest BCUT2D eigenvalue weighted by atomic mass is 35.5. The molecule has 0 spiro atoms. The highest BCUT2D eigenvalue weighted by Crippen LogP contribution is 2.52. The third kappa shape index (κ3) is 3.32. The molecule has 4 atom stereocenters. The molecule has 5 rings (SSSR count). The van der Waals surface area contributed by atoms with Crippen LogP contribution in [0.2, 0.25) is 10.0 Å². The Balaban J connectivity index is 1.35. The smallest absolute Gasteiger partial charge is 0.254 e. The first-order valence-electron chi connectivity index (χ1n) is 9.78. The van der Waals surface area contributed by atoms with Gasteiger partial charge in [0, 0.05) is 15.6 Å². The van der Waals surface area contributed by atoms with Gasteiger partial charge in [-0.2, -0.15) is 10.1 Å². The SMILES string of the molecule is O=C1[C@@H]2[C@H](C(=O)N1N=Cc1cc(Cl)ccc1OCc1ccc(Cl)cc1)[C@H]1C=C[C@H]2C1. The lowest BCUT2D eigenvalue weighted by Crippen LogP contribution is -2.28. The lowest BCUT2D eigenvalue weighted by molar-refractivity contribution is -0.140. The van der Waals surface area contributed by atoms with Crippen LogP contribution in [0.5, 0.6) is 5.75 Å². The lowest BCUT2D eigenvalue weighted by Gasteiger charge is -2.13. The van der Waals surface area contributed by atoms with Crippen molar-refractivity contribution in [3.8, 4) is 5.75 Å². The number of halogens is 2. The van der Waals surface area contributed by atoms with Crippen LogP contribution in [0.15, 0.2) is 59.7 Å². The van der Waals surface area contributed by atoms with E-state index in [9.17, 15) is 9.59 Å². The summed E-state index contributed by atoms with van der Waals surface area (Å²) in [6.45, 7) is 0.334. The summed E-state index contributed by atoms with van der Waals surface area (Å²) in [5.74, 6) is -0.122. The number of hydrogen-bond acceptors (Lipinski definition) is 4. The Kier molecular flexibility index (Phi) is 4.88. The lowest BCUT2D eigenvalue weighted by atomic mass is 9.85. The quantitative estimate of drug-likeness (QED) is 0.384. The van der Waals surface area contributed by atoms with Crippen molar-refractivity contribution in [3.63, 3.8) is 0 Å². The van der Waals surface area contributed by atoms with Crippen molar-refractivity contribution >= 4 is 41.2 Å². The highest BCUT2D eigenvalue weighted by molar-refractivity contribution is 6.31. The second-order valence-corrected chi connectivity index (χ2v) is 8.70. The first-order chi connectivity index (χ1) is 14.5. The van der Waals surface area contributed by atoms with E-state index >= 15 is 0 Å². The van der Waals surface area contributed by atoms with E-state index in [0.29, 0.717) is 28.0 Å². The fourth-order valence-electron chi connectivity index (χ4n) is 4.61. The maximum atomic E-state index is 12.8. The summed E-state index contributed by atoms with van der Waals surface area (Å²) < 4.78 is 5.91. The topological polar surface area (TPSA) is 59.0 Å². The predicted molar refractivity (Wildman–Crippen MR) is 114 cm³/mol. The van der Waals surface area contributed by atoms with Crippen molar-refractivity contribution in [3.05, 3.63) is 75.8 Å². The van der Waals surface area contributed by atoms with Crippen LogP contribution >= 0.6 is 23.2 Å². The molecule has 152 valence electrons. The summed E-state index contributed by atoms with van der Waals surface area (Å²) in [7, 11) is 0. The zero-order valence-electron chi connectivity index (χ0n) is 15.9. The van der Waals surface area contributed by atoms with Gasteiger partial charge in [-0.1, -0.05) is 47.5 Å². The van der Waals surface area contributed by atoms with Crippen molar-refractivity contribution in [2.75, 3.05) is 0 Å². The largest absolute Gasteiger partial charge is 0.488 e. The molecule has 2 amide bonds. The zero-order chi connectivity index (χ0) is 20.8. The standard InChI is InChI=1S/C23H18Cl2N2O3/c24-17-5-1-13(2-6-17)12-30-19-8-7-18(25)10-16(19)11-26-27-22(28)20-14-3-4-15(9-14)21(20)23(27)29/h1-8,10-11,14-15,20-21H,9,12H2/t14-,15-,20-,21+/m0/s1. The number of carbonyl (C=O) groups is 2. The monoisotopic (exact) mass is 440 g/mol. The Labute approximate surface area is 183 Å². The van der Waals surface area contributed by atoms with E-state index in [1.165, 1.54) is 6.21 Å². The third-order valence-electron chi connectivity index (χ3n) is 6.04. The van der Waals surface area contributed by atoms with Crippen molar-refractivity contribution in [1.82, 2.24) is 5.01 Å². The van der Waals surface area contributed by atoms with Gasteiger partial charge in [0.05, 0.1) is 18.1 Å². The van der Waals surface area contributed by atoms with Crippen LogP contribution in [0.4, 0.5) is 0 Å². The maximum Gasteiger partial charge on any atom is 0.254 e. The number of benzene rings is 2. The summed E-state index contributed by atoms with van der Waals surface area (Å²) in [6, 6.07) is 12.5. The molecule has 2 aliphatic carbocycles. The van der Waals surface area contributed by atoms with Gasteiger partial charge < -0.3 is 4.74 Å². The van der Waals surface area contributed by atoms with Crippen LogP contribution in [0.3, 0.4) is 0 Å². The summed E-state index contributed by atoms with van der Waals surface area (Å²) in [4.78, 5) is 25.6. The second kappa shape index (κ2) is 7.56. The molecule has 2 aromatic rings. The molecule has 1 saturated carbocycles. The van der Waals surface area contributed by atoms with Gasteiger partial charge in [0.1, 0.15) is 12.4 Å². The number of rotatable bonds is 5. The molecule has 2 fully saturated rings. The van der Waals surface area contributed by atoms with Gasteiger partial charge in [-0.05, 0) is 54.2 Å². The van der Waals surface area contributed by atoms with Crippen LogP contribution in [-0.2, 0) is 16.2 Å². The van der Waals surface area contributed by atoms with Crippen LogP contribution in [0.25, 0.3) is 0 Å². The van der Waals surface area contributed by atoms with Crippen LogP contribution < -0.4 is 4.74 Å². The molecule has 0 unspecified atom stereocenters. The van der Waals surface area contributed by atoms with Crippen molar-refractivity contribution in [1.29, 1.82) is 0 Å². The van der Waals surface area contributed by atoms with Gasteiger partial charge in [0.2, 0.25) is 0 Å². The van der Waals surface area contributed by atoms with E-state index in [0.717, 1.165) is 17.0 Å². The van der Waals surface area contributed by atoms with Crippen molar-refractivity contribution < 1.29 is 14.3 Å². The molecule has 1 heterocycles. The Morgan fingerprint density at radius 1 is 0.967 bits per heavy atom. The average molecular weight is 441 g/mol. The molecule has 3 aliphatic rings. The number of ether oxygens (including phenoxy) is 1. The van der Waals surface area contributed by atoms with E-state index in [1.807, 2.05) is 12.1 Å². The molecule has 1 aliphatic heterocycles. The second-order valence-electron chi connectivity index (χ2n) is 7.83. The number of imide groups is 1. The van der Waals surface area contributed by atoms with Crippen molar-refractivity contribution in [2.45, 2.75) is 13.0 Å². The molecule has 0 N–H and O–H groups in total. The van der Waals surface area contributed by atoms with Crippen LogP contribution in [-0.4, -0.2) is 23.0 Å². The molecular weight excluding hydrogens is 423 g/mol. The summed E-state index contributed by atoms with van der Waals surface area (Å²) in [5.41, 5.74) is 1.55. The summed E-state index contributed by atoms with van der Waals surface area (Å²) in [5, 5.41) is 6.41. The van der Waals surface area contributed by atoms with Gasteiger partial charge in [-0.3, -0.25) is 9.59 Å². The van der Waals surface area contributed by atoms with Gasteiger partial charge in [0.25, 0.3) is 11.8 Å². The van der Waals surface area contributed by atoms with Gasteiger partial charge in [0.15, 0.2) is 0 Å². The number of allylic oxidation sites excluding steroid dienone is 2. The molecule has 7 heteroatoms. The van der Waals surface area contributed by atoms with Gasteiger partial charge in [-0.25, -0.2) is 0 Å². The van der Waals surface area contributed by atoms with Crippen LogP contribution in [0, 0.1) is 23.7 Å². The van der Waals surface area contributed by atoms with E-state index in [-0.39, 0.29) is 35.5 Å². The molecule has 0 aromatic heterocycles. The van der Waals surface area contributed by atoms with E-state index in [2.05, 4.69) is 17.3 Å². The van der Waals surface area contributed by atoms with E-state index < -0.39 is 0 Å². The molecule has 2 bridgehead atoms. The highest BCUT2D eigenvalue weighted by Gasteiger charge is 2.59. The fourth-order valence-corrected chi connectivity index (χ4v) is 4.92. The minimum atomic E-state index is -0.273. The van der Waals surface area contributed by atoms with E-state index in [4.69, 9.17) is 27.9 Å². The number of hydrogen-bond donors (Lipinski definition) is 0. The normalized spacial score (nSPS) is 26.8. The molecule has 0 radical (unpaired) electrons. The number of carbonyl (C=O) groups excluding carboxylic acids is 2. The molecule has 30 heavy (non-hydrogen) atoms. The third-order valence-corrected chi connectivity index (χ3v) is 6.53. The molecule has 2 aromatic carbocycles. The molecular formula is C23H18Cl2N2O3. The average Bonchev–Trinajstić information content (AvgIpc) is 3.41. The minimum absolute atomic E-state index is 0.154. The van der Waals surface area contributed by atoms with Crippen molar-refractivity contribution in [2.24, 2.45) is 28.8 Å². The number of fused-ring (bicyclic) bond motifs is 5. The Morgan fingerprint density at radius 3 is 2.27 bits per heavy atom. The van der Waals surface area contributed by atoms with Gasteiger partial charge in [-0.15, -0.1) is 0 Å². The summed E-state index contributed by atoms with van der Waals surface area (Å²) in [6.07, 6.45) is 6.48. The first kappa shape index (κ1) is 19.3. The molecule has 5 nitrogen and oxygen atoms in total. The number of hydrazone groups is 1. The van der Waals surface area contributed by atoms with Crippen LogP contribution in [0.1, 0.15) is 17.5 Å². The predicted octanol–water partition coefficient (Wildman–Crippen LogP) is 4.71. The van der Waals surface area contributed by atoms with E-state index in [1.54, 1.807) is 30.3 Å². The Morgan fingerprint density at radius 2 is 1.60 bits per heavy atom. The molecule has 1 saturated heterocycles. The maximum absolute atomic E-state index is 12.8. The first-order valence-corrected chi connectivity index (χ1v) is 10.5. The Bertz CT molecular complexity index is 1050. The number of amides is 2.